The first-order valence-electron chi connectivity index (χ1n) is 6.62. The number of ether oxygens (including phenoxy) is 3. The van der Waals surface area contributed by atoms with Gasteiger partial charge in [0, 0.05) is 4.92 Å². The van der Waals surface area contributed by atoms with Crippen LogP contribution in [0.1, 0.15) is 11.5 Å². The molecule has 10 heteroatoms. The Morgan fingerprint density at radius 1 is 1.12 bits per heavy atom. The van der Waals surface area contributed by atoms with E-state index in [1.807, 2.05) is 0 Å². The lowest BCUT2D eigenvalue weighted by atomic mass is 9.85. The average molecular weight is 347 g/mol. The summed E-state index contributed by atoms with van der Waals surface area (Å²) in [5, 5.41) is 10.9. The zero-order valence-electron chi connectivity index (χ0n) is 12.8. The van der Waals surface area contributed by atoms with Gasteiger partial charge < -0.3 is 14.2 Å². The first kappa shape index (κ1) is 19.3. The topological polar surface area (TPSA) is 105 Å². The molecule has 0 saturated heterocycles. The van der Waals surface area contributed by atoms with Crippen molar-refractivity contribution in [3.05, 3.63) is 39.9 Å². The molecule has 0 unspecified atom stereocenters. The molecule has 0 saturated carbocycles. The van der Waals surface area contributed by atoms with Crippen LogP contribution in [-0.2, 0) is 19.1 Å². The number of carbonyl (C=O) groups is 2. The maximum Gasteiger partial charge on any atom is 0.387 e. The number of halogens is 2. The minimum absolute atomic E-state index is 0.165. The van der Waals surface area contributed by atoms with Crippen LogP contribution in [0.2, 0.25) is 0 Å². The van der Waals surface area contributed by atoms with Crippen LogP contribution in [-0.4, -0.2) is 44.2 Å². The summed E-state index contributed by atoms with van der Waals surface area (Å²) >= 11 is 0. The highest BCUT2D eigenvalue weighted by Crippen LogP contribution is 2.29. The van der Waals surface area contributed by atoms with Crippen molar-refractivity contribution in [1.82, 2.24) is 0 Å². The fraction of sp³-hybridized carbons (Fsp3) is 0.429. The minimum Gasteiger partial charge on any atom is -0.468 e. The first-order chi connectivity index (χ1) is 11.3. The molecule has 1 aromatic rings. The van der Waals surface area contributed by atoms with Crippen molar-refractivity contribution in [1.29, 1.82) is 0 Å². The van der Waals surface area contributed by atoms with Crippen LogP contribution in [0.3, 0.4) is 0 Å². The first-order valence-corrected chi connectivity index (χ1v) is 6.62. The van der Waals surface area contributed by atoms with Crippen LogP contribution < -0.4 is 4.74 Å². The van der Waals surface area contributed by atoms with E-state index in [-0.39, 0.29) is 11.3 Å². The van der Waals surface area contributed by atoms with Gasteiger partial charge in [0.2, 0.25) is 6.54 Å². The number of hydrogen-bond donors (Lipinski definition) is 0. The van der Waals surface area contributed by atoms with E-state index in [0.717, 1.165) is 26.4 Å². The lowest BCUT2D eigenvalue weighted by Gasteiger charge is -2.20. The predicted octanol–water partition coefficient (Wildman–Crippen LogP) is 1.61. The van der Waals surface area contributed by atoms with Gasteiger partial charge in [0.1, 0.15) is 5.75 Å². The van der Waals surface area contributed by atoms with Crippen molar-refractivity contribution in [2.45, 2.75) is 12.5 Å². The summed E-state index contributed by atoms with van der Waals surface area (Å²) in [6, 6.07) is 4.82. The van der Waals surface area contributed by atoms with Crippen LogP contribution in [0.5, 0.6) is 5.75 Å². The molecule has 0 heterocycles. The van der Waals surface area contributed by atoms with Crippen molar-refractivity contribution in [3.63, 3.8) is 0 Å². The Morgan fingerprint density at radius 3 is 2.00 bits per heavy atom. The maximum absolute atomic E-state index is 12.1. The summed E-state index contributed by atoms with van der Waals surface area (Å²) < 4.78 is 37.5. The van der Waals surface area contributed by atoms with Gasteiger partial charge in [-0.2, -0.15) is 8.78 Å². The number of benzene rings is 1. The number of methoxy groups -OCH3 is 2. The average Bonchev–Trinajstić information content (AvgIpc) is 2.53. The molecule has 0 aliphatic carbocycles. The summed E-state index contributed by atoms with van der Waals surface area (Å²) in [6.07, 6.45) is 0. The summed E-state index contributed by atoms with van der Waals surface area (Å²) in [5.74, 6) is -4.92. The molecule has 0 bridgehead atoms. The van der Waals surface area contributed by atoms with Crippen molar-refractivity contribution in [2.75, 3.05) is 20.8 Å². The summed E-state index contributed by atoms with van der Waals surface area (Å²) in [4.78, 5) is 33.9. The van der Waals surface area contributed by atoms with Crippen LogP contribution in [0.15, 0.2) is 24.3 Å². The summed E-state index contributed by atoms with van der Waals surface area (Å²) in [5.41, 5.74) is 0.203. The second-order valence-corrected chi connectivity index (χ2v) is 4.59. The quantitative estimate of drug-likeness (QED) is 0.304. The Kier molecular flexibility index (Phi) is 7.02. The maximum atomic E-state index is 12.1. The van der Waals surface area contributed by atoms with Crippen LogP contribution in [0.4, 0.5) is 8.78 Å². The fourth-order valence-electron chi connectivity index (χ4n) is 2.14. The third kappa shape index (κ3) is 5.14. The summed E-state index contributed by atoms with van der Waals surface area (Å²) in [6.45, 7) is -3.78. The molecule has 1 aromatic carbocycles. The zero-order chi connectivity index (χ0) is 18.3. The van der Waals surface area contributed by atoms with Gasteiger partial charge in [-0.25, -0.2) is 0 Å². The third-order valence-corrected chi connectivity index (χ3v) is 3.19. The molecule has 0 fully saturated rings. The molecule has 0 amide bonds. The van der Waals surface area contributed by atoms with E-state index in [0.29, 0.717) is 0 Å². The van der Waals surface area contributed by atoms with Gasteiger partial charge in [-0.1, -0.05) is 12.1 Å². The highest BCUT2D eigenvalue weighted by molar-refractivity contribution is 5.96. The zero-order valence-corrected chi connectivity index (χ0v) is 12.8. The van der Waals surface area contributed by atoms with E-state index in [1.165, 1.54) is 12.1 Å². The Labute approximate surface area is 135 Å². The van der Waals surface area contributed by atoms with E-state index in [2.05, 4.69) is 14.2 Å². The Morgan fingerprint density at radius 2 is 1.62 bits per heavy atom. The lowest BCUT2D eigenvalue weighted by molar-refractivity contribution is -0.484. The number of nitrogens with zero attached hydrogens (tertiary/aromatic N) is 1. The summed E-state index contributed by atoms with van der Waals surface area (Å²) in [7, 11) is 2.06. The SMILES string of the molecule is COC(=O)C(C(=O)OC)[C@H](C[N+](=O)[O-])c1ccc(OC(F)F)cc1. The smallest absolute Gasteiger partial charge is 0.387 e. The third-order valence-electron chi connectivity index (χ3n) is 3.19. The Bertz CT molecular complexity index is 575. The largest absolute Gasteiger partial charge is 0.468 e. The van der Waals surface area contributed by atoms with E-state index in [9.17, 15) is 28.5 Å². The number of hydrogen-bond acceptors (Lipinski definition) is 7. The highest BCUT2D eigenvalue weighted by Gasteiger charge is 2.40. The molecule has 0 aliphatic rings. The van der Waals surface area contributed by atoms with E-state index in [1.54, 1.807) is 0 Å². The van der Waals surface area contributed by atoms with E-state index < -0.39 is 41.9 Å². The van der Waals surface area contributed by atoms with Crippen LogP contribution in [0, 0.1) is 16.0 Å². The minimum atomic E-state index is -3.02. The Balaban J connectivity index is 3.21. The van der Waals surface area contributed by atoms with Gasteiger partial charge in [-0.15, -0.1) is 0 Å². The molecule has 24 heavy (non-hydrogen) atoms. The van der Waals surface area contributed by atoms with E-state index in [4.69, 9.17) is 0 Å². The van der Waals surface area contributed by atoms with Gasteiger partial charge in [0.05, 0.1) is 20.1 Å². The van der Waals surface area contributed by atoms with Gasteiger partial charge in [-0.05, 0) is 17.7 Å². The molecule has 0 N–H and O–H groups in total. The highest BCUT2D eigenvalue weighted by atomic mass is 19.3. The number of esters is 2. The molecule has 0 radical (unpaired) electrons. The van der Waals surface area contributed by atoms with E-state index >= 15 is 0 Å². The van der Waals surface area contributed by atoms with Crippen LogP contribution in [0.25, 0.3) is 0 Å². The number of carbonyl (C=O) groups excluding carboxylic acids is 2. The lowest BCUT2D eigenvalue weighted by Crippen LogP contribution is -2.35. The van der Waals surface area contributed by atoms with Crippen molar-refractivity contribution < 1.29 is 37.5 Å². The monoisotopic (exact) mass is 347 g/mol. The molecule has 8 nitrogen and oxygen atoms in total. The predicted molar refractivity (Wildman–Crippen MR) is 75.2 cm³/mol. The standard InChI is InChI=1S/C14H15F2NO7/c1-22-12(18)11(13(19)23-2)10(7-17(20)21)8-3-5-9(6-4-8)24-14(15)16/h3-6,10-11,14H,7H2,1-2H3/t10-/m1/s1. The molecule has 0 aromatic heterocycles. The number of alkyl halides is 2. The second-order valence-electron chi connectivity index (χ2n) is 4.59. The molecule has 0 aliphatic heterocycles. The molecular weight excluding hydrogens is 332 g/mol. The molecule has 1 rings (SSSR count). The van der Waals surface area contributed by atoms with Crippen molar-refractivity contribution in [2.24, 2.45) is 5.92 Å². The van der Waals surface area contributed by atoms with Gasteiger partial charge >= 0.3 is 18.6 Å². The molecule has 0 spiro atoms. The van der Waals surface area contributed by atoms with Crippen molar-refractivity contribution >= 4 is 11.9 Å². The van der Waals surface area contributed by atoms with Gasteiger partial charge in [-0.3, -0.25) is 19.7 Å². The second kappa shape index (κ2) is 8.75. The van der Waals surface area contributed by atoms with Gasteiger partial charge in [0.25, 0.3) is 0 Å². The number of nitro groups is 1. The molecular formula is C14H15F2NO7. The normalized spacial score (nSPS) is 11.9. The molecule has 1 atom stereocenters. The molecule has 132 valence electrons. The van der Waals surface area contributed by atoms with Crippen molar-refractivity contribution in [3.8, 4) is 5.75 Å². The van der Waals surface area contributed by atoms with Crippen LogP contribution >= 0.6 is 0 Å². The number of rotatable bonds is 8. The fourth-order valence-corrected chi connectivity index (χ4v) is 2.14. The van der Waals surface area contributed by atoms with Gasteiger partial charge in [0.15, 0.2) is 5.92 Å². The Hall–Kier alpha value is -2.78.